The minimum atomic E-state index is -0.0727. The minimum absolute atomic E-state index is 0.0727. The van der Waals surface area contributed by atoms with Crippen molar-refractivity contribution in [3.8, 4) is 0 Å². The number of nitrogens with one attached hydrogen (secondary N) is 1. The van der Waals surface area contributed by atoms with Crippen LogP contribution in [0.15, 0.2) is 18.3 Å². The summed E-state index contributed by atoms with van der Waals surface area (Å²) in [5.74, 6) is -0.0727. The van der Waals surface area contributed by atoms with Gasteiger partial charge in [-0.1, -0.05) is 32.3 Å². The van der Waals surface area contributed by atoms with E-state index in [4.69, 9.17) is 0 Å². The molecule has 1 amide bonds. The molecular weight excluding hydrogens is 200 g/mol. The lowest BCUT2D eigenvalue weighted by atomic mass is 10.2. The van der Waals surface area contributed by atoms with Gasteiger partial charge in [0, 0.05) is 12.7 Å². The highest BCUT2D eigenvalue weighted by Gasteiger charge is 2.04. The van der Waals surface area contributed by atoms with E-state index in [-0.39, 0.29) is 5.91 Å². The van der Waals surface area contributed by atoms with Crippen molar-refractivity contribution in [1.29, 1.82) is 0 Å². The molecule has 1 heterocycles. The predicted molar refractivity (Wildman–Crippen MR) is 65.4 cm³/mol. The lowest BCUT2D eigenvalue weighted by molar-refractivity contribution is 0.0948. The Morgan fingerprint density at radius 3 is 2.75 bits per heavy atom. The average Bonchev–Trinajstić information content (AvgIpc) is 2.29. The van der Waals surface area contributed by atoms with Gasteiger partial charge in [0.05, 0.1) is 0 Å². The Labute approximate surface area is 97.3 Å². The second-order valence-corrected chi connectivity index (χ2v) is 4.04. The fourth-order valence-electron chi connectivity index (χ4n) is 1.45. The van der Waals surface area contributed by atoms with Gasteiger partial charge in [-0.3, -0.25) is 9.78 Å². The molecule has 16 heavy (non-hydrogen) atoms. The van der Waals surface area contributed by atoms with Crippen LogP contribution >= 0.6 is 0 Å². The molecule has 0 fully saturated rings. The maximum atomic E-state index is 11.6. The van der Waals surface area contributed by atoms with E-state index in [1.54, 1.807) is 12.3 Å². The van der Waals surface area contributed by atoms with Crippen molar-refractivity contribution in [3.63, 3.8) is 0 Å². The number of amides is 1. The third kappa shape index (κ3) is 4.43. The fraction of sp³-hybridized carbons (Fsp3) is 0.538. The molecular formula is C13H20N2O. The van der Waals surface area contributed by atoms with Crippen LogP contribution < -0.4 is 5.32 Å². The number of carbonyl (C=O) groups is 1. The number of aryl methyl sites for hydroxylation is 1. The molecule has 0 aromatic carbocycles. The van der Waals surface area contributed by atoms with Gasteiger partial charge >= 0.3 is 0 Å². The Bertz CT molecular complexity index is 319. The van der Waals surface area contributed by atoms with Crippen LogP contribution in [0.3, 0.4) is 0 Å². The Kier molecular flexibility index (Phi) is 5.54. The van der Waals surface area contributed by atoms with Crippen LogP contribution in [0.4, 0.5) is 0 Å². The Morgan fingerprint density at radius 2 is 2.12 bits per heavy atom. The van der Waals surface area contributed by atoms with E-state index in [1.807, 2.05) is 13.0 Å². The molecule has 0 aliphatic rings. The summed E-state index contributed by atoms with van der Waals surface area (Å²) in [7, 11) is 0. The topological polar surface area (TPSA) is 42.0 Å². The zero-order valence-corrected chi connectivity index (χ0v) is 10.1. The molecule has 1 N–H and O–H groups in total. The highest BCUT2D eigenvalue weighted by Crippen LogP contribution is 2.00. The molecule has 0 atom stereocenters. The van der Waals surface area contributed by atoms with Crippen LogP contribution in [0.2, 0.25) is 0 Å². The zero-order chi connectivity index (χ0) is 11.8. The van der Waals surface area contributed by atoms with Crippen LogP contribution in [0.5, 0.6) is 0 Å². The van der Waals surface area contributed by atoms with Gasteiger partial charge in [0.2, 0.25) is 0 Å². The SMILES string of the molecule is CCCCCCNC(=O)c1ccc(C)cn1. The Balaban J connectivity index is 2.27. The third-order valence-electron chi connectivity index (χ3n) is 2.46. The number of hydrogen-bond acceptors (Lipinski definition) is 2. The molecule has 0 saturated heterocycles. The van der Waals surface area contributed by atoms with Crippen molar-refractivity contribution in [1.82, 2.24) is 10.3 Å². The Hall–Kier alpha value is -1.38. The highest BCUT2D eigenvalue weighted by atomic mass is 16.1. The number of pyridine rings is 1. The number of carbonyl (C=O) groups excluding carboxylic acids is 1. The second-order valence-electron chi connectivity index (χ2n) is 4.04. The van der Waals surface area contributed by atoms with Crippen LogP contribution in [-0.4, -0.2) is 17.4 Å². The first-order valence-corrected chi connectivity index (χ1v) is 5.95. The largest absolute Gasteiger partial charge is 0.351 e. The van der Waals surface area contributed by atoms with Gasteiger partial charge in [-0.15, -0.1) is 0 Å². The van der Waals surface area contributed by atoms with E-state index in [2.05, 4.69) is 17.2 Å². The van der Waals surface area contributed by atoms with Crippen LogP contribution in [0, 0.1) is 6.92 Å². The van der Waals surface area contributed by atoms with Crippen LogP contribution in [0.25, 0.3) is 0 Å². The number of nitrogens with zero attached hydrogens (tertiary/aromatic N) is 1. The molecule has 0 aliphatic carbocycles. The minimum Gasteiger partial charge on any atom is -0.351 e. The summed E-state index contributed by atoms with van der Waals surface area (Å²) in [5.41, 5.74) is 1.57. The van der Waals surface area contributed by atoms with Crippen molar-refractivity contribution < 1.29 is 4.79 Å². The molecule has 0 bridgehead atoms. The lowest BCUT2D eigenvalue weighted by Gasteiger charge is -2.04. The van der Waals surface area contributed by atoms with Gasteiger partial charge in [-0.25, -0.2) is 0 Å². The molecule has 0 unspecified atom stereocenters. The third-order valence-corrected chi connectivity index (χ3v) is 2.46. The normalized spacial score (nSPS) is 10.1. The van der Waals surface area contributed by atoms with Gasteiger partial charge in [0.25, 0.3) is 5.91 Å². The molecule has 88 valence electrons. The molecule has 1 rings (SSSR count). The number of unbranched alkanes of at least 4 members (excludes halogenated alkanes) is 3. The van der Waals surface area contributed by atoms with E-state index in [0.29, 0.717) is 5.69 Å². The van der Waals surface area contributed by atoms with Crippen LogP contribution in [0.1, 0.15) is 48.7 Å². The van der Waals surface area contributed by atoms with E-state index in [0.717, 1.165) is 18.5 Å². The number of rotatable bonds is 6. The van der Waals surface area contributed by atoms with Crippen molar-refractivity contribution >= 4 is 5.91 Å². The van der Waals surface area contributed by atoms with Crippen molar-refractivity contribution in [2.24, 2.45) is 0 Å². The fourth-order valence-corrected chi connectivity index (χ4v) is 1.45. The Morgan fingerprint density at radius 1 is 1.31 bits per heavy atom. The number of aromatic nitrogens is 1. The summed E-state index contributed by atoms with van der Waals surface area (Å²) in [6.45, 7) is 4.88. The van der Waals surface area contributed by atoms with Crippen molar-refractivity contribution in [3.05, 3.63) is 29.6 Å². The van der Waals surface area contributed by atoms with Gasteiger partial charge < -0.3 is 5.32 Å². The number of hydrogen-bond donors (Lipinski definition) is 1. The van der Waals surface area contributed by atoms with E-state index < -0.39 is 0 Å². The summed E-state index contributed by atoms with van der Waals surface area (Å²) in [5, 5.41) is 2.88. The van der Waals surface area contributed by atoms with E-state index >= 15 is 0 Å². The van der Waals surface area contributed by atoms with Gasteiger partial charge in [0.1, 0.15) is 5.69 Å². The highest BCUT2D eigenvalue weighted by molar-refractivity contribution is 5.92. The molecule has 0 aliphatic heterocycles. The molecule has 1 aromatic heterocycles. The molecule has 3 heteroatoms. The zero-order valence-electron chi connectivity index (χ0n) is 10.1. The van der Waals surface area contributed by atoms with E-state index in [9.17, 15) is 4.79 Å². The van der Waals surface area contributed by atoms with Crippen LogP contribution in [-0.2, 0) is 0 Å². The summed E-state index contributed by atoms with van der Waals surface area (Å²) in [4.78, 5) is 15.7. The van der Waals surface area contributed by atoms with Gasteiger partial charge in [0.15, 0.2) is 0 Å². The van der Waals surface area contributed by atoms with E-state index in [1.165, 1.54) is 19.3 Å². The summed E-state index contributed by atoms with van der Waals surface area (Å²) in [6.07, 6.45) is 6.39. The smallest absolute Gasteiger partial charge is 0.269 e. The first-order valence-electron chi connectivity index (χ1n) is 5.95. The first-order chi connectivity index (χ1) is 7.74. The molecule has 1 aromatic rings. The summed E-state index contributed by atoms with van der Waals surface area (Å²) >= 11 is 0. The standard InChI is InChI=1S/C13H20N2O/c1-3-4-5-6-9-14-13(16)12-8-7-11(2)10-15-12/h7-8,10H,3-6,9H2,1-2H3,(H,14,16). The first kappa shape index (κ1) is 12.7. The van der Waals surface area contributed by atoms with Gasteiger partial charge in [-0.05, 0) is 25.0 Å². The maximum Gasteiger partial charge on any atom is 0.269 e. The van der Waals surface area contributed by atoms with Crippen molar-refractivity contribution in [2.75, 3.05) is 6.54 Å². The maximum absolute atomic E-state index is 11.6. The second kappa shape index (κ2) is 6.99. The average molecular weight is 220 g/mol. The van der Waals surface area contributed by atoms with Gasteiger partial charge in [-0.2, -0.15) is 0 Å². The monoisotopic (exact) mass is 220 g/mol. The molecule has 0 radical (unpaired) electrons. The molecule has 0 saturated carbocycles. The molecule has 3 nitrogen and oxygen atoms in total. The lowest BCUT2D eigenvalue weighted by Crippen LogP contribution is -2.25. The molecule has 0 spiro atoms. The quantitative estimate of drug-likeness (QED) is 0.749. The summed E-state index contributed by atoms with van der Waals surface area (Å²) in [6, 6.07) is 3.66. The predicted octanol–water partition coefficient (Wildman–Crippen LogP) is 2.70. The van der Waals surface area contributed by atoms with Crippen molar-refractivity contribution in [2.45, 2.75) is 39.5 Å². The summed E-state index contributed by atoms with van der Waals surface area (Å²) < 4.78 is 0.